The van der Waals surface area contributed by atoms with Gasteiger partial charge in [0.2, 0.25) is 0 Å². The second kappa shape index (κ2) is 7.66. The van der Waals surface area contributed by atoms with Crippen LogP contribution in [0.4, 0.5) is 5.69 Å². The third-order valence-corrected chi connectivity index (χ3v) is 2.77. The van der Waals surface area contributed by atoms with Crippen molar-refractivity contribution in [3.05, 3.63) is 24.0 Å². The zero-order valence-corrected chi connectivity index (χ0v) is 11.0. The van der Waals surface area contributed by atoms with Gasteiger partial charge in [-0.25, -0.2) is 4.98 Å². The first-order valence-electron chi connectivity index (χ1n) is 6.19. The smallest absolute Gasteiger partial charge is 0.272 e. The number of anilines is 1. The van der Waals surface area contributed by atoms with Crippen LogP contribution in [0.1, 0.15) is 29.8 Å². The maximum atomic E-state index is 12.0. The van der Waals surface area contributed by atoms with E-state index in [1.807, 2.05) is 13.1 Å². The van der Waals surface area contributed by atoms with Crippen molar-refractivity contribution < 1.29 is 9.90 Å². The monoisotopic (exact) mass is 251 g/mol. The zero-order chi connectivity index (χ0) is 13.4. The molecule has 1 rings (SSSR count). The van der Waals surface area contributed by atoms with E-state index in [9.17, 15) is 4.79 Å². The Labute approximate surface area is 108 Å². The number of pyridine rings is 1. The van der Waals surface area contributed by atoms with E-state index in [0.717, 1.165) is 24.9 Å². The summed E-state index contributed by atoms with van der Waals surface area (Å²) in [6.45, 7) is 0.902. The summed E-state index contributed by atoms with van der Waals surface area (Å²) < 4.78 is 0. The van der Waals surface area contributed by atoms with Crippen molar-refractivity contribution >= 4 is 11.6 Å². The number of aliphatic hydroxyl groups excluding tert-OH is 1. The van der Waals surface area contributed by atoms with Crippen molar-refractivity contribution in [2.24, 2.45) is 0 Å². The van der Waals surface area contributed by atoms with Crippen molar-refractivity contribution in [1.82, 2.24) is 9.88 Å². The van der Waals surface area contributed by atoms with Gasteiger partial charge in [-0.2, -0.15) is 0 Å². The lowest BCUT2D eigenvalue weighted by molar-refractivity contribution is 0.0786. The van der Waals surface area contributed by atoms with Gasteiger partial charge in [-0.05, 0) is 31.4 Å². The maximum Gasteiger partial charge on any atom is 0.272 e. The summed E-state index contributed by atoms with van der Waals surface area (Å²) in [6, 6.07) is 3.55. The molecular weight excluding hydrogens is 230 g/mol. The highest BCUT2D eigenvalue weighted by molar-refractivity contribution is 5.92. The van der Waals surface area contributed by atoms with Gasteiger partial charge in [0.15, 0.2) is 0 Å². The molecule has 2 N–H and O–H groups in total. The lowest BCUT2D eigenvalue weighted by Gasteiger charge is -2.16. The first-order chi connectivity index (χ1) is 8.69. The number of hydrogen-bond acceptors (Lipinski definition) is 4. The molecule has 0 aliphatic heterocycles. The molecule has 0 spiro atoms. The summed E-state index contributed by atoms with van der Waals surface area (Å²) in [7, 11) is 3.58. The number of rotatable bonds is 7. The largest absolute Gasteiger partial charge is 0.396 e. The minimum absolute atomic E-state index is 0.0679. The van der Waals surface area contributed by atoms with Crippen molar-refractivity contribution in [2.75, 3.05) is 32.6 Å². The molecule has 5 heteroatoms. The number of hydrogen-bond donors (Lipinski definition) is 2. The van der Waals surface area contributed by atoms with Gasteiger partial charge in [0.1, 0.15) is 5.69 Å². The zero-order valence-electron chi connectivity index (χ0n) is 11.0. The van der Waals surface area contributed by atoms with Crippen LogP contribution in [0.25, 0.3) is 0 Å². The Morgan fingerprint density at radius 2 is 2.17 bits per heavy atom. The molecule has 100 valence electrons. The van der Waals surface area contributed by atoms with Crippen LogP contribution in [-0.4, -0.2) is 48.1 Å². The minimum Gasteiger partial charge on any atom is -0.396 e. The fraction of sp³-hybridized carbons (Fsp3) is 0.538. The predicted molar refractivity (Wildman–Crippen MR) is 71.7 cm³/mol. The normalized spacial score (nSPS) is 10.2. The molecule has 0 fully saturated rings. The van der Waals surface area contributed by atoms with E-state index in [4.69, 9.17) is 5.11 Å². The molecule has 0 atom stereocenters. The number of carbonyl (C=O) groups is 1. The number of unbranched alkanes of at least 4 members (excludes halogenated alkanes) is 2. The van der Waals surface area contributed by atoms with Gasteiger partial charge < -0.3 is 15.3 Å². The lowest BCUT2D eigenvalue weighted by Crippen LogP contribution is -2.28. The van der Waals surface area contributed by atoms with Crippen LogP contribution in [0.5, 0.6) is 0 Å². The van der Waals surface area contributed by atoms with E-state index < -0.39 is 0 Å². The van der Waals surface area contributed by atoms with Gasteiger partial charge in [0.05, 0.1) is 11.9 Å². The summed E-state index contributed by atoms with van der Waals surface area (Å²) >= 11 is 0. The Bertz CT molecular complexity index is 365. The molecule has 0 aliphatic rings. The highest BCUT2D eigenvalue weighted by Crippen LogP contribution is 2.07. The van der Waals surface area contributed by atoms with Gasteiger partial charge >= 0.3 is 0 Å². The molecule has 18 heavy (non-hydrogen) atoms. The van der Waals surface area contributed by atoms with Gasteiger partial charge in [-0.15, -0.1) is 0 Å². The fourth-order valence-corrected chi connectivity index (χ4v) is 1.60. The molecule has 0 radical (unpaired) electrons. The van der Waals surface area contributed by atoms with Crippen molar-refractivity contribution in [3.63, 3.8) is 0 Å². The quantitative estimate of drug-likeness (QED) is 0.718. The van der Waals surface area contributed by atoms with Gasteiger partial charge in [-0.3, -0.25) is 4.79 Å². The minimum atomic E-state index is -0.0679. The summed E-state index contributed by atoms with van der Waals surface area (Å²) in [5, 5.41) is 11.6. The summed E-state index contributed by atoms with van der Waals surface area (Å²) in [5.74, 6) is -0.0679. The van der Waals surface area contributed by atoms with E-state index in [1.165, 1.54) is 0 Å². The highest BCUT2D eigenvalue weighted by Gasteiger charge is 2.12. The molecule has 1 amide bonds. The van der Waals surface area contributed by atoms with Gasteiger partial charge in [-0.1, -0.05) is 0 Å². The van der Waals surface area contributed by atoms with Crippen molar-refractivity contribution in [3.8, 4) is 0 Å². The van der Waals surface area contributed by atoms with E-state index in [2.05, 4.69) is 10.3 Å². The van der Waals surface area contributed by atoms with Crippen LogP contribution in [0, 0.1) is 0 Å². The van der Waals surface area contributed by atoms with E-state index in [0.29, 0.717) is 12.2 Å². The molecule has 5 nitrogen and oxygen atoms in total. The first kappa shape index (κ1) is 14.4. The second-order valence-corrected chi connectivity index (χ2v) is 4.19. The summed E-state index contributed by atoms with van der Waals surface area (Å²) in [6.07, 6.45) is 4.27. The standard InChI is InChI=1S/C13H21N3O2/c1-14-11-6-7-12(15-10-11)13(18)16(2)8-4-3-5-9-17/h6-7,10,14,17H,3-5,8-9H2,1-2H3. The van der Waals surface area contributed by atoms with Crippen LogP contribution in [-0.2, 0) is 0 Å². The average molecular weight is 251 g/mol. The van der Waals surface area contributed by atoms with E-state index in [1.54, 1.807) is 24.2 Å². The Morgan fingerprint density at radius 3 is 2.72 bits per heavy atom. The number of amides is 1. The molecule has 0 unspecified atom stereocenters. The number of nitrogens with zero attached hydrogens (tertiary/aromatic N) is 2. The van der Waals surface area contributed by atoms with E-state index >= 15 is 0 Å². The Morgan fingerprint density at radius 1 is 1.39 bits per heavy atom. The summed E-state index contributed by atoms with van der Waals surface area (Å²) in [5.41, 5.74) is 1.34. The molecule has 0 saturated heterocycles. The third kappa shape index (κ3) is 4.33. The first-order valence-corrected chi connectivity index (χ1v) is 6.19. The maximum absolute atomic E-state index is 12.0. The van der Waals surface area contributed by atoms with Gasteiger partial charge in [0.25, 0.3) is 5.91 Å². The Balaban J connectivity index is 2.46. The van der Waals surface area contributed by atoms with Crippen LogP contribution in [0.3, 0.4) is 0 Å². The topological polar surface area (TPSA) is 65.5 Å². The predicted octanol–water partition coefficient (Wildman–Crippen LogP) is 1.36. The molecule has 0 saturated carbocycles. The van der Waals surface area contributed by atoms with Crippen LogP contribution in [0.2, 0.25) is 0 Å². The Hall–Kier alpha value is -1.62. The molecule has 1 aromatic heterocycles. The average Bonchev–Trinajstić information content (AvgIpc) is 2.42. The lowest BCUT2D eigenvalue weighted by atomic mass is 10.2. The molecule has 1 aromatic rings. The molecule has 0 aromatic carbocycles. The molecule has 0 bridgehead atoms. The molecular formula is C13H21N3O2. The van der Waals surface area contributed by atoms with Crippen LogP contribution >= 0.6 is 0 Å². The molecule has 1 heterocycles. The van der Waals surface area contributed by atoms with Crippen LogP contribution < -0.4 is 5.32 Å². The van der Waals surface area contributed by atoms with E-state index in [-0.39, 0.29) is 12.5 Å². The SMILES string of the molecule is CNc1ccc(C(=O)N(C)CCCCCO)nc1. The second-order valence-electron chi connectivity index (χ2n) is 4.19. The number of aliphatic hydroxyl groups is 1. The Kier molecular flexibility index (Phi) is 6.14. The third-order valence-electron chi connectivity index (χ3n) is 2.77. The van der Waals surface area contributed by atoms with Gasteiger partial charge in [0, 0.05) is 27.2 Å². The number of carbonyl (C=O) groups excluding carboxylic acids is 1. The molecule has 0 aliphatic carbocycles. The summed E-state index contributed by atoms with van der Waals surface area (Å²) in [4.78, 5) is 17.8. The van der Waals surface area contributed by atoms with Crippen molar-refractivity contribution in [1.29, 1.82) is 0 Å². The van der Waals surface area contributed by atoms with Crippen molar-refractivity contribution in [2.45, 2.75) is 19.3 Å². The highest BCUT2D eigenvalue weighted by atomic mass is 16.2. The number of nitrogens with one attached hydrogen (secondary N) is 1. The number of aromatic nitrogens is 1. The van der Waals surface area contributed by atoms with Crippen LogP contribution in [0.15, 0.2) is 18.3 Å². The fourth-order valence-electron chi connectivity index (χ4n) is 1.60.